The number of halogens is 2. The zero-order valence-corrected chi connectivity index (χ0v) is 12.7. The molecule has 0 saturated carbocycles. The van der Waals surface area contributed by atoms with Crippen molar-refractivity contribution >= 4 is 16.1 Å². The van der Waals surface area contributed by atoms with Gasteiger partial charge in [0.15, 0.2) is 0 Å². The van der Waals surface area contributed by atoms with Crippen molar-refractivity contribution in [1.29, 1.82) is 0 Å². The third-order valence-electron chi connectivity index (χ3n) is 2.43. The SMILES string of the molecule is CC(C)C(=O)OCCC(C)(C)OCC(F)(F)S(=O)(=O)O. The molecule has 0 fully saturated rings. The molecule has 0 radical (unpaired) electrons. The van der Waals surface area contributed by atoms with E-state index in [0.717, 1.165) is 0 Å². The highest BCUT2D eigenvalue weighted by Crippen LogP contribution is 2.25. The van der Waals surface area contributed by atoms with Crippen molar-refractivity contribution in [3.05, 3.63) is 0 Å². The molecule has 0 saturated heterocycles. The molecule has 0 heterocycles. The van der Waals surface area contributed by atoms with Gasteiger partial charge in [0.1, 0.15) is 6.61 Å². The molecule has 0 aliphatic heterocycles. The fraction of sp³-hybridized carbons (Fsp3) is 0.909. The molecule has 0 aromatic carbocycles. The molecular weight excluding hydrogens is 298 g/mol. The van der Waals surface area contributed by atoms with Gasteiger partial charge in [0, 0.05) is 6.42 Å². The van der Waals surface area contributed by atoms with Gasteiger partial charge in [0.2, 0.25) is 0 Å². The summed E-state index contributed by atoms with van der Waals surface area (Å²) in [6.07, 6.45) is 0.104. The average Bonchev–Trinajstić information content (AvgIpc) is 2.24. The van der Waals surface area contributed by atoms with E-state index in [9.17, 15) is 22.0 Å². The predicted octanol–water partition coefficient (Wildman–Crippen LogP) is 1.85. The second-order valence-electron chi connectivity index (χ2n) is 5.23. The van der Waals surface area contributed by atoms with E-state index in [1.165, 1.54) is 13.8 Å². The van der Waals surface area contributed by atoms with Crippen LogP contribution in [0.1, 0.15) is 34.1 Å². The number of esters is 1. The van der Waals surface area contributed by atoms with Crippen LogP contribution >= 0.6 is 0 Å². The van der Waals surface area contributed by atoms with Crippen molar-refractivity contribution in [2.45, 2.75) is 45.0 Å². The van der Waals surface area contributed by atoms with Gasteiger partial charge >= 0.3 is 21.3 Å². The number of carbonyl (C=O) groups is 1. The van der Waals surface area contributed by atoms with Crippen LogP contribution in [-0.2, 0) is 24.4 Å². The molecule has 120 valence electrons. The molecule has 1 N–H and O–H groups in total. The maximum absolute atomic E-state index is 13.0. The van der Waals surface area contributed by atoms with Crippen LogP contribution in [-0.4, -0.2) is 43.0 Å². The van der Waals surface area contributed by atoms with Crippen LogP contribution in [0.4, 0.5) is 8.78 Å². The lowest BCUT2D eigenvalue weighted by atomic mass is 10.1. The Morgan fingerprint density at radius 3 is 2.20 bits per heavy atom. The lowest BCUT2D eigenvalue weighted by molar-refractivity contribution is -0.150. The molecule has 6 nitrogen and oxygen atoms in total. The summed E-state index contributed by atoms with van der Waals surface area (Å²) < 4.78 is 64.7. The van der Waals surface area contributed by atoms with E-state index in [1.807, 2.05) is 0 Å². The first-order valence-corrected chi connectivity index (χ1v) is 7.38. The first-order chi connectivity index (χ1) is 8.78. The minimum atomic E-state index is -5.51. The molecule has 0 unspecified atom stereocenters. The van der Waals surface area contributed by atoms with Crippen molar-refractivity contribution in [1.82, 2.24) is 0 Å². The molecule has 20 heavy (non-hydrogen) atoms. The van der Waals surface area contributed by atoms with Gasteiger partial charge in [-0.25, -0.2) is 0 Å². The molecule has 0 aromatic rings. The van der Waals surface area contributed by atoms with E-state index < -0.39 is 33.5 Å². The summed E-state index contributed by atoms with van der Waals surface area (Å²) in [4.78, 5) is 11.2. The van der Waals surface area contributed by atoms with Crippen molar-refractivity contribution in [2.75, 3.05) is 13.2 Å². The molecule has 0 aliphatic carbocycles. The van der Waals surface area contributed by atoms with Crippen molar-refractivity contribution < 1.29 is 36.0 Å². The van der Waals surface area contributed by atoms with Crippen LogP contribution in [0.2, 0.25) is 0 Å². The number of rotatable bonds is 8. The van der Waals surface area contributed by atoms with Crippen molar-refractivity contribution in [3.8, 4) is 0 Å². The van der Waals surface area contributed by atoms with Gasteiger partial charge < -0.3 is 9.47 Å². The van der Waals surface area contributed by atoms with Crippen molar-refractivity contribution in [3.63, 3.8) is 0 Å². The number of hydrogen-bond donors (Lipinski definition) is 1. The fourth-order valence-corrected chi connectivity index (χ4v) is 1.20. The second kappa shape index (κ2) is 6.77. The second-order valence-corrected chi connectivity index (χ2v) is 6.78. The van der Waals surface area contributed by atoms with Crippen molar-refractivity contribution in [2.24, 2.45) is 5.92 Å². The first kappa shape index (κ1) is 19.2. The minimum Gasteiger partial charge on any atom is -0.465 e. The zero-order chi connectivity index (χ0) is 16.2. The molecule has 0 aromatic heterocycles. The van der Waals surface area contributed by atoms with E-state index in [2.05, 4.69) is 0 Å². The largest absolute Gasteiger partial charge is 0.465 e. The third-order valence-corrected chi connectivity index (χ3v) is 3.30. The molecule has 0 amide bonds. The highest BCUT2D eigenvalue weighted by Gasteiger charge is 2.45. The molecule has 0 atom stereocenters. The van der Waals surface area contributed by atoms with E-state index in [0.29, 0.717) is 0 Å². The monoisotopic (exact) mass is 318 g/mol. The smallest absolute Gasteiger partial charge is 0.392 e. The Morgan fingerprint density at radius 1 is 1.30 bits per heavy atom. The molecule has 0 rings (SSSR count). The maximum Gasteiger partial charge on any atom is 0.392 e. The first-order valence-electron chi connectivity index (χ1n) is 5.94. The molecular formula is C11H20F2O6S. The van der Waals surface area contributed by atoms with Crippen LogP contribution in [0.25, 0.3) is 0 Å². The fourth-order valence-electron chi connectivity index (χ4n) is 0.990. The lowest BCUT2D eigenvalue weighted by Gasteiger charge is -2.27. The number of ether oxygens (including phenoxy) is 2. The Balaban J connectivity index is 4.31. The summed E-state index contributed by atoms with van der Waals surface area (Å²) in [6.45, 7) is 4.66. The summed E-state index contributed by atoms with van der Waals surface area (Å²) in [5.74, 6) is -0.730. The number of hydrogen-bond acceptors (Lipinski definition) is 5. The Hall–Kier alpha value is -0.800. The normalized spacial score (nSPS) is 13.6. The molecule has 9 heteroatoms. The summed E-state index contributed by atoms with van der Waals surface area (Å²) in [5.41, 5.74) is -1.13. The van der Waals surface area contributed by atoms with E-state index >= 15 is 0 Å². The minimum absolute atomic E-state index is 0.0402. The van der Waals surface area contributed by atoms with Gasteiger partial charge in [-0.05, 0) is 13.8 Å². The molecule has 0 aliphatic rings. The van der Waals surface area contributed by atoms with Gasteiger partial charge in [0.25, 0.3) is 0 Å². The predicted molar refractivity (Wildman–Crippen MR) is 66.9 cm³/mol. The highest BCUT2D eigenvalue weighted by atomic mass is 32.2. The van der Waals surface area contributed by atoms with Crippen LogP contribution in [0.3, 0.4) is 0 Å². The van der Waals surface area contributed by atoms with Crippen LogP contribution in [0.15, 0.2) is 0 Å². The summed E-state index contributed by atoms with van der Waals surface area (Å²) >= 11 is 0. The standard InChI is InChI=1S/C11H20F2O6S/c1-8(2)9(14)18-6-5-10(3,4)19-7-11(12,13)20(15,16)17/h8H,5-7H2,1-4H3,(H,15,16,17). The van der Waals surface area contributed by atoms with Gasteiger partial charge in [0.05, 0.1) is 18.1 Å². The Kier molecular flexibility index (Phi) is 6.50. The van der Waals surface area contributed by atoms with Gasteiger partial charge in [-0.15, -0.1) is 0 Å². The summed E-state index contributed by atoms with van der Waals surface area (Å²) in [6, 6.07) is 0. The Labute approximate surface area is 117 Å². The zero-order valence-electron chi connectivity index (χ0n) is 11.9. The van der Waals surface area contributed by atoms with Gasteiger partial charge in [-0.1, -0.05) is 13.8 Å². The highest BCUT2D eigenvalue weighted by molar-refractivity contribution is 7.86. The summed E-state index contributed by atoms with van der Waals surface area (Å²) in [5, 5.41) is -4.38. The van der Waals surface area contributed by atoms with Crippen LogP contribution < -0.4 is 0 Å². The number of alkyl halides is 2. The quantitative estimate of drug-likeness (QED) is 0.542. The van der Waals surface area contributed by atoms with E-state index in [4.69, 9.17) is 14.0 Å². The maximum atomic E-state index is 13.0. The number of carbonyl (C=O) groups excluding carboxylic acids is 1. The molecule has 0 spiro atoms. The Bertz CT molecular complexity index is 430. The van der Waals surface area contributed by atoms with E-state index in [1.54, 1.807) is 13.8 Å². The van der Waals surface area contributed by atoms with E-state index in [-0.39, 0.29) is 18.9 Å². The average molecular weight is 318 g/mol. The van der Waals surface area contributed by atoms with Crippen LogP contribution in [0.5, 0.6) is 0 Å². The Morgan fingerprint density at radius 2 is 1.80 bits per heavy atom. The topological polar surface area (TPSA) is 89.9 Å². The lowest BCUT2D eigenvalue weighted by Crippen LogP contribution is -2.38. The summed E-state index contributed by atoms with van der Waals surface area (Å²) in [7, 11) is -5.51. The third kappa shape index (κ3) is 6.58. The van der Waals surface area contributed by atoms with Crippen LogP contribution in [0, 0.1) is 5.92 Å². The van der Waals surface area contributed by atoms with Gasteiger partial charge in [-0.3, -0.25) is 9.35 Å². The van der Waals surface area contributed by atoms with Gasteiger partial charge in [-0.2, -0.15) is 17.2 Å². The molecule has 0 bridgehead atoms.